The molecule has 0 aliphatic carbocycles. The lowest BCUT2D eigenvalue weighted by atomic mass is 9.96. The number of ether oxygens (including phenoxy) is 3. The normalized spacial score (nSPS) is 49.0. The molecule has 0 bridgehead atoms. The average Bonchev–Trinajstić information content (AvgIpc) is 2.48. The van der Waals surface area contributed by atoms with E-state index in [-0.39, 0.29) is 18.3 Å². The average molecular weight is 217 g/mol. The van der Waals surface area contributed by atoms with Crippen molar-refractivity contribution in [1.29, 1.82) is 0 Å². The summed E-state index contributed by atoms with van der Waals surface area (Å²) in [6.45, 7) is 5.67. The van der Waals surface area contributed by atoms with Crippen LogP contribution < -0.4 is 5.73 Å². The molecular formula is C10H19NO4. The molecule has 0 aromatic heterocycles. The predicted molar refractivity (Wildman–Crippen MR) is 53.0 cm³/mol. The van der Waals surface area contributed by atoms with Gasteiger partial charge in [0.1, 0.15) is 12.2 Å². The molecule has 2 rings (SSSR count). The van der Waals surface area contributed by atoms with Gasteiger partial charge in [-0.05, 0) is 20.3 Å². The maximum atomic E-state index is 9.61. The third-order valence-corrected chi connectivity index (χ3v) is 2.96. The standard InChI is InChI=1S/C10H19NO4/c1-4-5-7-8(6(11)9(12)13-5)15-10(2,3)14-7/h5-9,12H,4,11H2,1-3H3/t5-,6-,7+,8?,9?/m1/s1. The molecule has 0 radical (unpaired) electrons. The van der Waals surface area contributed by atoms with Gasteiger partial charge < -0.3 is 25.1 Å². The third kappa shape index (κ3) is 1.90. The lowest BCUT2D eigenvalue weighted by Gasteiger charge is -2.38. The van der Waals surface area contributed by atoms with Crippen molar-refractivity contribution in [2.75, 3.05) is 0 Å². The molecule has 0 aromatic carbocycles. The number of aliphatic hydroxyl groups excluding tert-OH is 1. The van der Waals surface area contributed by atoms with Crippen molar-refractivity contribution < 1.29 is 19.3 Å². The zero-order valence-corrected chi connectivity index (χ0v) is 9.34. The molecule has 0 aromatic rings. The van der Waals surface area contributed by atoms with Gasteiger partial charge in [0.25, 0.3) is 0 Å². The Balaban J connectivity index is 2.18. The highest BCUT2D eigenvalue weighted by Gasteiger charge is 2.53. The van der Waals surface area contributed by atoms with Crippen molar-refractivity contribution in [2.24, 2.45) is 5.73 Å². The van der Waals surface area contributed by atoms with Crippen LogP contribution in [0.3, 0.4) is 0 Å². The Hall–Kier alpha value is -0.200. The van der Waals surface area contributed by atoms with E-state index in [1.54, 1.807) is 0 Å². The Morgan fingerprint density at radius 3 is 2.47 bits per heavy atom. The van der Waals surface area contributed by atoms with Crippen LogP contribution in [-0.4, -0.2) is 41.5 Å². The number of fused-ring (bicyclic) bond motifs is 1. The highest BCUT2D eigenvalue weighted by atomic mass is 16.8. The molecule has 2 unspecified atom stereocenters. The summed E-state index contributed by atoms with van der Waals surface area (Å²) in [5.41, 5.74) is 5.82. The fraction of sp³-hybridized carbons (Fsp3) is 1.00. The lowest BCUT2D eigenvalue weighted by molar-refractivity contribution is -0.218. The van der Waals surface area contributed by atoms with Gasteiger partial charge >= 0.3 is 0 Å². The van der Waals surface area contributed by atoms with Crippen LogP contribution in [0, 0.1) is 0 Å². The first-order valence-corrected chi connectivity index (χ1v) is 5.39. The second kappa shape index (κ2) is 3.68. The van der Waals surface area contributed by atoms with Crippen LogP contribution >= 0.6 is 0 Å². The largest absolute Gasteiger partial charge is 0.367 e. The van der Waals surface area contributed by atoms with Crippen molar-refractivity contribution >= 4 is 0 Å². The van der Waals surface area contributed by atoms with Crippen molar-refractivity contribution in [3.05, 3.63) is 0 Å². The van der Waals surface area contributed by atoms with E-state index in [0.717, 1.165) is 6.42 Å². The first-order chi connectivity index (χ1) is 6.94. The molecule has 0 saturated carbocycles. The number of nitrogens with two attached hydrogens (primary N) is 1. The quantitative estimate of drug-likeness (QED) is 0.644. The minimum absolute atomic E-state index is 0.147. The van der Waals surface area contributed by atoms with Gasteiger partial charge in [0.05, 0.1) is 12.1 Å². The van der Waals surface area contributed by atoms with Gasteiger partial charge in [-0.25, -0.2) is 0 Å². The Morgan fingerprint density at radius 1 is 1.27 bits per heavy atom. The molecule has 88 valence electrons. The molecule has 2 aliphatic rings. The first-order valence-electron chi connectivity index (χ1n) is 5.39. The van der Waals surface area contributed by atoms with Crippen LogP contribution in [0.1, 0.15) is 27.2 Å². The van der Waals surface area contributed by atoms with Gasteiger partial charge in [-0.2, -0.15) is 0 Å². The smallest absolute Gasteiger partial charge is 0.172 e. The second-order valence-corrected chi connectivity index (χ2v) is 4.62. The number of hydrogen-bond acceptors (Lipinski definition) is 5. The molecule has 2 fully saturated rings. The minimum Gasteiger partial charge on any atom is -0.367 e. The van der Waals surface area contributed by atoms with E-state index in [2.05, 4.69) is 0 Å². The van der Waals surface area contributed by atoms with E-state index in [0.29, 0.717) is 0 Å². The van der Waals surface area contributed by atoms with Crippen molar-refractivity contribution in [3.8, 4) is 0 Å². The van der Waals surface area contributed by atoms with E-state index in [1.165, 1.54) is 0 Å². The molecule has 5 nitrogen and oxygen atoms in total. The molecule has 0 amide bonds. The van der Waals surface area contributed by atoms with Crippen LogP contribution in [0.5, 0.6) is 0 Å². The summed E-state index contributed by atoms with van der Waals surface area (Å²) in [4.78, 5) is 0. The lowest BCUT2D eigenvalue weighted by Crippen LogP contribution is -2.59. The summed E-state index contributed by atoms with van der Waals surface area (Å²) in [5.74, 6) is -0.645. The number of rotatable bonds is 1. The molecule has 2 saturated heterocycles. The summed E-state index contributed by atoms with van der Waals surface area (Å²) in [7, 11) is 0. The number of aliphatic hydroxyl groups is 1. The molecular weight excluding hydrogens is 198 g/mol. The van der Waals surface area contributed by atoms with Crippen LogP contribution in [0.15, 0.2) is 0 Å². The van der Waals surface area contributed by atoms with Gasteiger partial charge in [0.15, 0.2) is 12.1 Å². The Labute approximate surface area is 89.5 Å². The van der Waals surface area contributed by atoms with Gasteiger partial charge in [-0.3, -0.25) is 0 Å². The fourth-order valence-electron chi connectivity index (χ4n) is 2.24. The fourth-order valence-corrected chi connectivity index (χ4v) is 2.24. The Kier molecular flexibility index (Phi) is 2.77. The van der Waals surface area contributed by atoms with Gasteiger partial charge in [0.2, 0.25) is 0 Å². The summed E-state index contributed by atoms with van der Waals surface area (Å²) >= 11 is 0. The Bertz CT molecular complexity index is 238. The summed E-state index contributed by atoms with van der Waals surface area (Å²) in [6.07, 6.45) is -0.804. The maximum absolute atomic E-state index is 9.61. The SMILES string of the molecule is CC[C@H]1OC(O)[C@H](N)C2OC(C)(C)O[C@H]21. The molecule has 2 aliphatic heterocycles. The van der Waals surface area contributed by atoms with Crippen molar-refractivity contribution in [2.45, 2.75) is 63.6 Å². The van der Waals surface area contributed by atoms with E-state index in [9.17, 15) is 5.11 Å². The van der Waals surface area contributed by atoms with E-state index < -0.39 is 18.1 Å². The van der Waals surface area contributed by atoms with E-state index in [1.807, 2.05) is 20.8 Å². The molecule has 5 heteroatoms. The third-order valence-electron chi connectivity index (χ3n) is 2.96. The van der Waals surface area contributed by atoms with Crippen molar-refractivity contribution in [1.82, 2.24) is 0 Å². The summed E-state index contributed by atoms with van der Waals surface area (Å²) in [6, 6.07) is -0.542. The summed E-state index contributed by atoms with van der Waals surface area (Å²) in [5, 5.41) is 9.61. The molecule has 3 N–H and O–H groups in total. The summed E-state index contributed by atoms with van der Waals surface area (Å²) < 4.78 is 16.8. The van der Waals surface area contributed by atoms with E-state index >= 15 is 0 Å². The zero-order valence-electron chi connectivity index (χ0n) is 9.34. The molecule has 2 heterocycles. The van der Waals surface area contributed by atoms with Crippen LogP contribution in [0.2, 0.25) is 0 Å². The van der Waals surface area contributed by atoms with Crippen LogP contribution in [0.25, 0.3) is 0 Å². The van der Waals surface area contributed by atoms with E-state index in [4.69, 9.17) is 19.9 Å². The molecule has 5 atom stereocenters. The highest BCUT2D eigenvalue weighted by molar-refractivity contribution is 4.97. The molecule has 0 spiro atoms. The van der Waals surface area contributed by atoms with Gasteiger partial charge in [-0.15, -0.1) is 0 Å². The van der Waals surface area contributed by atoms with Crippen LogP contribution in [0.4, 0.5) is 0 Å². The van der Waals surface area contributed by atoms with Gasteiger partial charge in [0, 0.05) is 0 Å². The highest BCUT2D eigenvalue weighted by Crippen LogP contribution is 2.37. The predicted octanol–water partition coefficient (Wildman–Crippen LogP) is -0.0390. The zero-order chi connectivity index (χ0) is 11.2. The second-order valence-electron chi connectivity index (χ2n) is 4.62. The molecule has 15 heavy (non-hydrogen) atoms. The number of hydrogen-bond donors (Lipinski definition) is 2. The topological polar surface area (TPSA) is 73.9 Å². The maximum Gasteiger partial charge on any atom is 0.172 e. The van der Waals surface area contributed by atoms with Crippen molar-refractivity contribution in [3.63, 3.8) is 0 Å². The minimum atomic E-state index is -0.964. The Morgan fingerprint density at radius 2 is 1.87 bits per heavy atom. The first kappa shape index (κ1) is 11.3. The van der Waals surface area contributed by atoms with Gasteiger partial charge in [-0.1, -0.05) is 6.92 Å². The monoisotopic (exact) mass is 217 g/mol. The van der Waals surface area contributed by atoms with Crippen LogP contribution in [-0.2, 0) is 14.2 Å².